The molecular weight excluding hydrogens is 238 g/mol. The molecule has 0 radical (unpaired) electrons. The van der Waals surface area contributed by atoms with Crippen molar-refractivity contribution in [2.45, 2.75) is 6.92 Å². The van der Waals surface area contributed by atoms with E-state index in [1.807, 2.05) is 31.3 Å². The molecule has 4 nitrogen and oxygen atoms in total. The summed E-state index contributed by atoms with van der Waals surface area (Å²) in [5.74, 6) is 0.906. The van der Waals surface area contributed by atoms with E-state index in [9.17, 15) is 0 Å². The van der Waals surface area contributed by atoms with Crippen LogP contribution in [0.5, 0.6) is 5.75 Å². The summed E-state index contributed by atoms with van der Waals surface area (Å²) in [6.45, 7) is 3.41. The number of ether oxygens (including phenoxy) is 1. The molecule has 2 rings (SSSR count). The number of anilines is 2. The normalized spacial score (nSPS) is 10.0. The van der Waals surface area contributed by atoms with E-state index in [2.05, 4.69) is 28.6 Å². The van der Waals surface area contributed by atoms with Crippen molar-refractivity contribution >= 4 is 11.4 Å². The number of pyridine rings is 1. The Kier molecular flexibility index (Phi) is 4.61. The third kappa shape index (κ3) is 4.17. The van der Waals surface area contributed by atoms with Gasteiger partial charge in [0, 0.05) is 13.6 Å². The predicted molar refractivity (Wildman–Crippen MR) is 78.9 cm³/mol. The summed E-state index contributed by atoms with van der Waals surface area (Å²) in [5, 5.41) is 6.33. The molecule has 0 aliphatic rings. The number of nitrogens with one attached hydrogen (secondary N) is 2. The Hall–Kier alpha value is -2.23. The van der Waals surface area contributed by atoms with E-state index in [-0.39, 0.29) is 0 Å². The lowest BCUT2D eigenvalue weighted by molar-refractivity contribution is 0.332. The van der Waals surface area contributed by atoms with Gasteiger partial charge >= 0.3 is 0 Å². The van der Waals surface area contributed by atoms with E-state index in [4.69, 9.17) is 4.74 Å². The van der Waals surface area contributed by atoms with Crippen molar-refractivity contribution in [3.05, 3.63) is 48.3 Å². The minimum atomic E-state index is 0.618. The Morgan fingerprint density at radius 1 is 1.16 bits per heavy atom. The van der Waals surface area contributed by atoms with Gasteiger partial charge in [-0.25, -0.2) is 0 Å². The molecule has 0 fully saturated rings. The maximum atomic E-state index is 5.67. The first-order valence-electron chi connectivity index (χ1n) is 6.34. The summed E-state index contributed by atoms with van der Waals surface area (Å²) in [6.07, 6.45) is 3.59. The molecule has 1 heterocycles. The van der Waals surface area contributed by atoms with Gasteiger partial charge in [-0.1, -0.05) is 12.1 Å². The van der Waals surface area contributed by atoms with Gasteiger partial charge in [0.25, 0.3) is 0 Å². The second-order valence-electron chi connectivity index (χ2n) is 4.30. The van der Waals surface area contributed by atoms with Gasteiger partial charge in [0.1, 0.15) is 12.4 Å². The zero-order valence-electron chi connectivity index (χ0n) is 11.3. The van der Waals surface area contributed by atoms with Crippen LogP contribution in [0, 0.1) is 6.92 Å². The lowest BCUT2D eigenvalue weighted by Gasteiger charge is -2.09. The number of aryl methyl sites for hydroxylation is 1. The van der Waals surface area contributed by atoms with Crippen molar-refractivity contribution in [3.8, 4) is 5.75 Å². The summed E-state index contributed by atoms with van der Waals surface area (Å²) in [7, 11) is 1.88. The summed E-state index contributed by atoms with van der Waals surface area (Å²) >= 11 is 0. The third-order valence-corrected chi connectivity index (χ3v) is 2.72. The average Bonchev–Trinajstić information content (AvgIpc) is 2.44. The molecular formula is C15H19N3O. The van der Waals surface area contributed by atoms with Crippen LogP contribution in [0.4, 0.5) is 11.4 Å². The fourth-order valence-electron chi connectivity index (χ4n) is 1.74. The molecule has 0 bridgehead atoms. The van der Waals surface area contributed by atoms with Gasteiger partial charge in [0.15, 0.2) is 0 Å². The zero-order valence-corrected chi connectivity index (χ0v) is 11.3. The molecule has 0 amide bonds. The number of aromatic nitrogens is 1. The van der Waals surface area contributed by atoms with Crippen LogP contribution in [-0.2, 0) is 0 Å². The van der Waals surface area contributed by atoms with Crippen LogP contribution >= 0.6 is 0 Å². The molecule has 0 spiro atoms. The minimum absolute atomic E-state index is 0.618. The Morgan fingerprint density at radius 2 is 2.00 bits per heavy atom. The number of hydrogen-bond donors (Lipinski definition) is 2. The topological polar surface area (TPSA) is 46.2 Å². The van der Waals surface area contributed by atoms with Gasteiger partial charge in [-0.05, 0) is 30.7 Å². The Labute approximate surface area is 113 Å². The van der Waals surface area contributed by atoms with Crippen LogP contribution in [0.1, 0.15) is 5.56 Å². The molecule has 0 saturated carbocycles. The van der Waals surface area contributed by atoms with Crippen molar-refractivity contribution in [3.63, 3.8) is 0 Å². The van der Waals surface area contributed by atoms with Crippen LogP contribution in [0.15, 0.2) is 42.7 Å². The standard InChI is InChI=1S/C15H19N3O/c1-12-4-3-5-15(8-12)19-7-6-18-14-9-13(16-2)10-17-11-14/h3-5,8-11,16,18H,6-7H2,1-2H3. The maximum Gasteiger partial charge on any atom is 0.119 e. The van der Waals surface area contributed by atoms with Gasteiger partial charge in [-0.2, -0.15) is 0 Å². The van der Waals surface area contributed by atoms with E-state index in [1.54, 1.807) is 12.4 Å². The maximum absolute atomic E-state index is 5.67. The van der Waals surface area contributed by atoms with Gasteiger partial charge in [0.05, 0.1) is 23.8 Å². The molecule has 2 N–H and O–H groups in total. The minimum Gasteiger partial charge on any atom is -0.492 e. The average molecular weight is 257 g/mol. The monoisotopic (exact) mass is 257 g/mol. The van der Waals surface area contributed by atoms with Gasteiger partial charge < -0.3 is 15.4 Å². The Balaban J connectivity index is 1.77. The molecule has 1 aromatic carbocycles. The van der Waals surface area contributed by atoms with Crippen LogP contribution in [0.2, 0.25) is 0 Å². The number of benzene rings is 1. The molecule has 1 aromatic heterocycles. The van der Waals surface area contributed by atoms with Crippen molar-refractivity contribution in [1.82, 2.24) is 4.98 Å². The van der Waals surface area contributed by atoms with Crippen molar-refractivity contribution in [2.75, 3.05) is 30.8 Å². The number of nitrogens with zero attached hydrogens (tertiary/aromatic N) is 1. The Bertz CT molecular complexity index is 528. The van der Waals surface area contributed by atoms with E-state index >= 15 is 0 Å². The van der Waals surface area contributed by atoms with E-state index in [1.165, 1.54) is 5.56 Å². The Morgan fingerprint density at radius 3 is 2.79 bits per heavy atom. The quantitative estimate of drug-likeness (QED) is 0.781. The predicted octanol–water partition coefficient (Wildman–Crippen LogP) is 2.92. The first kappa shape index (κ1) is 13.2. The molecule has 4 heteroatoms. The lowest BCUT2D eigenvalue weighted by atomic mass is 10.2. The third-order valence-electron chi connectivity index (χ3n) is 2.72. The highest BCUT2D eigenvalue weighted by atomic mass is 16.5. The first-order valence-corrected chi connectivity index (χ1v) is 6.34. The van der Waals surface area contributed by atoms with Gasteiger partial charge in [-0.3, -0.25) is 4.98 Å². The molecule has 100 valence electrons. The number of hydrogen-bond acceptors (Lipinski definition) is 4. The molecule has 0 atom stereocenters. The van der Waals surface area contributed by atoms with Crippen LogP contribution in [0.3, 0.4) is 0 Å². The highest BCUT2D eigenvalue weighted by Gasteiger charge is 1.96. The lowest BCUT2D eigenvalue weighted by Crippen LogP contribution is -2.11. The SMILES string of the molecule is CNc1cncc(NCCOc2cccc(C)c2)c1. The van der Waals surface area contributed by atoms with E-state index < -0.39 is 0 Å². The molecule has 0 aliphatic carbocycles. The van der Waals surface area contributed by atoms with Crippen molar-refractivity contribution < 1.29 is 4.74 Å². The smallest absolute Gasteiger partial charge is 0.119 e. The highest BCUT2D eigenvalue weighted by Crippen LogP contribution is 2.13. The van der Waals surface area contributed by atoms with E-state index in [0.717, 1.165) is 23.7 Å². The van der Waals surface area contributed by atoms with Crippen molar-refractivity contribution in [2.24, 2.45) is 0 Å². The highest BCUT2D eigenvalue weighted by molar-refractivity contribution is 5.53. The zero-order chi connectivity index (χ0) is 13.5. The molecule has 0 saturated heterocycles. The number of rotatable bonds is 6. The van der Waals surface area contributed by atoms with Gasteiger partial charge in [-0.15, -0.1) is 0 Å². The van der Waals surface area contributed by atoms with E-state index in [0.29, 0.717) is 6.61 Å². The largest absolute Gasteiger partial charge is 0.492 e. The second kappa shape index (κ2) is 6.64. The fourth-order valence-corrected chi connectivity index (χ4v) is 1.74. The fraction of sp³-hybridized carbons (Fsp3) is 0.267. The summed E-state index contributed by atoms with van der Waals surface area (Å²) in [6, 6.07) is 10.1. The summed E-state index contributed by atoms with van der Waals surface area (Å²) in [5.41, 5.74) is 3.18. The summed E-state index contributed by atoms with van der Waals surface area (Å²) < 4.78 is 5.67. The second-order valence-corrected chi connectivity index (χ2v) is 4.30. The van der Waals surface area contributed by atoms with Crippen LogP contribution < -0.4 is 15.4 Å². The van der Waals surface area contributed by atoms with Crippen LogP contribution in [0.25, 0.3) is 0 Å². The van der Waals surface area contributed by atoms with Crippen LogP contribution in [-0.4, -0.2) is 25.2 Å². The summed E-state index contributed by atoms with van der Waals surface area (Å²) in [4.78, 5) is 4.14. The molecule has 2 aromatic rings. The molecule has 0 aliphatic heterocycles. The van der Waals surface area contributed by atoms with Crippen molar-refractivity contribution in [1.29, 1.82) is 0 Å². The molecule has 0 unspecified atom stereocenters. The first-order chi connectivity index (χ1) is 9.28. The molecule has 19 heavy (non-hydrogen) atoms. The van der Waals surface area contributed by atoms with Gasteiger partial charge in [0.2, 0.25) is 0 Å².